The molecular formula is C23H33BN2O4. The zero-order valence-electron chi connectivity index (χ0n) is 19.5. The van der Waals surface area contributed by atoms with Gasteiger partial charge in [0.1, 0.15) is 19.1 Å². The molecule has 0 bridgehead atoms. The fraction of sp³-hybridized carbons (Fsp3) is 0.609. The summed E-state index contributed by atoms with van der Waals surface area (Å²) in [5.41, 5.74) is 3.83. The average molecular weight is 412 g/mol. The molecular weight excluding hydrogens is 379 g/mol. The lowest BCUT2D eigenvalue weighted by Gasteiger charge is -2.34. The molecule has 3 rings (SSSR count). The van der Waals surface area contributed by atoms with E-state index in [1.165, 1.54) is 4.57 Å². The van der Waals surface area contributed by atoms with E-state index in [-0.39, 0.29) is 17.7 Å². The Morgan fingerprint density at radius 1 is 1.23 bits per heavy atom. The maximum Gasteiger partial charge on any atom is 0.419 e. The van der Waals surface area contributed by atoms with Gasteiger partial charge in [-0.25, -0.2) is 14.2 Å². The number of pyridine rings is 1. The summed E-state index contributed by atoms with van der Waals surface area (Å²) in [5.74, 6) is 0.00390. The molecule has 162 valence electrons. The van der Waals surface area contributed by atoms with Crippen LogP contribution in [0.25, 0.3) is 11.0 Å². The molecule has 1 unspecified atom stereocenters. The molecule has 0 radical (unpaired) electrons. The van der Waals surface area contributed by atoms with E-state index >= 15 is 0 Å². The predicted molar refractivity (Wildman–Crippen MR) is 120 cm³/mol. The summed E-state index contributed by atoms with van der Waals surface area (Å²) in [6, 6.07) is 2.02. The molecule has 2 aromatic rings. The molecule has 0 N–H and O–H groups in total. The number of aromatic nitrogens is 2. The van der Waals surface area contributed by atoms with Gasteiger partial charge in [-0.2, -0.15) is 0 Å². The number of hydrogen-bond acceptors (Lipinski definition) is 5. The van der Waals surface area contributed by atoms with Gasteiger partial charge in [-0.3, -0.25) is 4.98 Å². The zero-order valence-corrected chi connectivity index (χ0v) is 19.5. The third kappa shape index (κ3) is 4.25. The van der Waals surface area contributed by atoms with Crippen molar-refractivity contribution in [2.75, 3.05) is 6.61 Å². The number of fused-ring (bicyclic) bond motifs is 2. The Morgan fingerprint density at radius 2 is 1.90 bits per heavy atom. The van der Waals surface area contributed by atoms with Crippen LogP contribution in [0, 0.1) is 11.3 Å². The number of ether oxygens (including phenoxy) is 2. The largest absolute Gasteiger partial charge is 0.461 e. The maximum absolute atomic E-state index is 13.1. The molecule has 1 aliphatic carbocycles. The first kappa shape index (κ1) is 22.4. The van der Waals surface area contributed by atoms with Crippen LogP contribution >= 0.6 is 0 Å². The highest BCUT2D eigenvalue weighted by molar-refractivity contribution is 6.42. The van der Waals surface area contributed by atoms with Crippen LogP contribution in [0.15, 0.2) is 6.07 Å². The van der Waals surface area contributed by atoms with Crippen LogP contribution in [0.3, 0.4) is 0 Å². The molecule has 0 aromatic carbocycles. The van der Waals surface area contributed by atoms with E-state index in [0.29, 0.717) is 22.4 Å². The summed E-state index contributed by atoms with van der Waals surface area (Å²) >= 11 is 0. The molecule has 7 heteroatoms. The zero-order chi connectivity index (χ0) is 22.4. The number of aryl methyl sites for hydroxylation is 1. The van der Waals surface area contributed by atoms with E-state index in [9.17, 15) is 9.59 Å². The number of nitrogens with zero attached hydrogens (tertiary/aromatic N) is 2. The Balaban J connectivity index is 2.21. The quantitative estimate of drug-likeness (QED) is 0.559. The minimum Gasteiger partial charge on any atom is -0.461 e. The lowest BCUT2D eigenvalue weighted by molar-refractivity contribution is 0.0455. The standard InChI is InChI=1S/C23H33BN2O4/c1-8-29-20(27)19-17(24)18-16(26(19)21(28)30-23(5,6)7)12-13-11-14(22(2,3)4)9-10-15(13)25-18/h12,14H,8-11,24H2,1-7H3. The maximum atomic E-state index is 13.1. The summed E-state index contributed by atoms with van der Waals surface area (Å²) < 4.78 is 12.2. The smallest absolute Gasteiger partial charge is 0.419 e. The van der Waals surface area contributed by atoms with Gasteiger partial charge in [-0.05, 0) is 75.4 Å². The van der Waals surface area contributed by atoms with Crippen LogP contribution < -0.4 is 5.46 Å². The topological polar surface area (TPSA) is 70.4 Å². The van der Waals surface area contributed by atoms with E-state index < -0.39 is 17.7 Å². The van der Waals surface area contributed by atoms with Crippen molar-refractivity contribution in [3.8, 4) is 0 Å². The second-order valence-electron chi connectivity index (χ2n) is 10.3. The van der Waals surface area contributed by atoms with Crippen molar-refractivity contribution >= 4 is 36.4 Å². The molecule has 6 nitrogen and oxygen atoms in total. The normalized spacial score (nSPS) is 17.0. The molecule has 1 atom stereocenters. The molecule has 1 aliphatic rings. The van der Waals surface area contributed by atoms with Crippen LogP contribution in [0.1, 0.15) is 76.6 Å². The SMILES string of the molecule is Bc1c(C(=O)OCC)n(C(=O)OC(C)(C)C)c2cc3c(nc12)CCC(C(C)(C)C)C3. The molecule has 2 heterocycles. The van der Waals surface area contributed by atoms with E-state index in [1.54, 1.807) is 6.92 Å². The number of carbonyl (C=O) groups excluding carboxylic acids is 2. The van der Waals surface area contributed by atoms with Crippen LogP contribution in [0.4, 0.5) is 4.79 Å². The molecule has 0 amide bonds. The first-order valence-electron chi connectivity index (χ1n) is 10.8. The van der Waals surface area contributed by atoms with Gasteiger partial charge in [0.15, 0.2) is 0 Å². The highest BCUT2D eigenvalue weighted by Gasteiger charge is 2.33. The third-order valence-corrected chi connectivity index (χ3v) is 5.81. The van der Waals surface area contributed by atoms with Crippen LogP contribution in [0.5, 0.6) is 0 Å². The lowest BCUT2D eigenvalue weighted by Crippen LogP contribution is -2.31. The number of hydrogen-bond donors (Lipinski definition) is 0. The van der Waals surface area contributed by atoms with Crippen LogP contribution in [-0.4, -0.2) is 41.7 Å². The number of carbonyl (C=O) groups is 2. The predicted octanol–water partition coefficient (Wildman–Crippen LogP) is 3.41. The van der Waals surface area contributed by atoms with Gasteiger partial charge in [-0.15, -0.1) is 0 Å². The minimum atomic E-state index is -0.688. The van der Waals surface area contributed by atoms with Crippen molar-refractivity contribution in [1.29, 1.82) is 0 Å². The lowest BCUT2D eigenvalue weighted by atomic mass is 9.71. The van der Waals surface area contributed by atoms with E-state index in [4.69, 9.17) is 14.5 Å². The van der Waals surface area contributed by atoms with Gasteiger partial charge >= 0.3 is 12.1 Å². The van der Waals surface area contributed by atoms with Crippen molar-refractivity contribution in [1.82, 2.24) is 9.55 Å². The first-order chi connectivity index (χ1) is 13.8. The van der Waals surface area contributed by atoms with Gasteiger partial charge < -0.3 is 9.47 Å². The molecule has 0 saturated carbocycles. The number of rotatable bonds is 2. The second kappa shape index (κ2) is 7.75. The molecule has 30 heavy (non-hydrogen) atoms. The second-order valence-corrected chi connectivity index (χ2v) is 10.3. The molecule has 0 saturated heterocycles. The molecule has 0 aliphatic heterocycles. The van der Waals surface area contributed by atoms with Crippen LogP contribution in [-0.2, 0) is 22.3 Å². The molecule has 2 aromatic heterocycles. The van der Waals surface area contributed by atoms with Crippen molar-refractivity contribution in [3.63, 3.8) is 0 Å². The highest BCUT2D eigenvalue weighted by Crippen LogP contribution is 2.37. The van der Waals surface area contributed by atoms with Gasteiger partial charge in [0, 0.05) is 5.69 Å². The monoisotopic (exact) mass is 412 g/mol. The van der Waals surface area contributed by atoms with Crippen LogP contribution in [0.2, 0.25) is 0 Å². The molecule has 0 fully saturated rings. The summed E-state index contributed by atoms with van der Waals surface area (Å²) in [5, 5.41) is 0. The van der Waals surface area contributed by atoms with Gasteiger partial charge in [0.2, 0.25) is 0 Å². The Labute approximate surface area is 179 Å². The Hall–Kier alpha value is -2.31. The highest BCUT2D eigenvalue weighted by atomic mass is 16.6. The fourth-order valence-corrected chi connectivity index (χ4v) is 4.18. The summed E-state index contributed by atoms with van der Waals surface area (Å²) in [4.78, 5) is 30.8. The van der Waals surface area contributed by atoms with Crippen molar-refractivity contribution in [2.24, 2.45) is 11.3 Å². The number of esters is 1. The summed E-state index contributed by atoms with van der Waals surface area (Å²) in [6.07, 6.45) is 2.31. The van der Waals surface area contributed by atoms with Crippen molar-refractivity contribution in [2.45, 2.75) is 73.3 Å². The molecule has 0 spiro atoms. The van der Waals surface area contributed by atoms with E-state index in [1.807, 2.05) is 34.7 Å². The first-order valence-corrected chi connectivity index (χ1v) is 10.8. The Kier molecular flexibility index (Phi) is 5.78. The van der Waals surface area contributed by atoms with E-state index in [2.05, 4.69) is 20.8 Å². The van der Waals surface area contributed by atoms with Crippen molar-refractivity contribution in [3.05, 3.63) is 23.0 Å². The average Bonchev–Trinajstić information content (AvgIpc) is 2.89. The Morgan fingerprint density at radius 3 is 2.47 bits per heavy atom. The van der Waals surface area contributed by atoms with Gasteiger partial charge in [-0.1, -0.05) is 20.8 Å². The van der Waals surface area contributed by atoms with Gasteiger partial charge in [0.25, 0.3) is 0 Å². The van der Waals surface area contributed by atoms with Gasteiger partial charge in [0.05, 0.1) is 17.6 Å². The third-order valence-electron chi connectivity index (χ3n) is 5.81. The Bertz CT molecular complexity index is 996. The minimum absolute atomic E-state index is 0.198. The van der Waals surface area contributed by atoms with E-state index in [0.717, 1.165) is 30.5 Å². The fourth-order valence-electron chi connectivity index (χ4n) is 4.18. The summed E-state index contributed by atoms with van der Waals surface area (Å²) in [7, 11) is 1.82. The summed E-state index contributed by atoms with van der Waals surface area (Å²) in [6.45, 7) is 14.2. The van der Waals surface area contributed by atoms with Crippen molar-refractivity contribution < 1.29 is 19.1 Å².